The summed E-state index contributed by atoms with van der Waals surface area (Å²) < 4.78 is 5.48. The monoisotopic (exact) mass is 1150 g/mol. The first-order valence-corrected chi connectivity index (χ1v) is 37.3. The van der Waals surface area contributed by atoms with Crippen LogP contribution in [0.5, 0.6) is 0 Å². The highest BCUT2D eigenvalue weighted by Gasteiger charge is 2.18. The Morgan fingerprint density at radius 2 is 0.573 bits per heavy atom. The summed E-state index contributed by atoms with van der Waals surface area (Å²) in [5.74, 6) is -0.0583. The van der Waals surface area contributed by atoms with E-state index in [-0.39, 0.29) is 18.5 Å². The zero-order valence-corrected chi connectivity index (χ0v) is 55.5. The molecule has 2 atom stereocenters. The Morgan fingerprint density at radius 3 is 0.878 bits per heavy atom. The minimum absolute atomic E-state index is 0.00602. The van der Waals surface area contributed by atoms with Crippen molar-refractivity contribution in [2.45, 2.75) is 424 Å². The van der Waals surface area contributed by atoms with Gasteiger partial charge in [-0.25, -0.2) is 0 Å². The Hall–Kier alpha value is -1.92. The van der Waals surface area contributed by atoms with Crippen LogP contribution >= 0.6 is 0 Å². The lowest BCUT2D eigenvalue weighted by molar-refractivity contribution is -0.143. The number of aliphatic hydroxyl groups is 2. The van der Waals surface area contributed by atoms with E-state index in [2.05, 4.69) is 43.5 Å². The van der Waals surface area contributed by atoms with Crippen LogP contribution in [0.3, 0.4) is 0 Å². The Bertz CT molecular complexity index is 1330. The Labute approximate surface area is 513 Å². The van der Waals surface area contributed by atoms with Gasteiger partial charge in [-0.3, -0.25) is 9.59 Å². The van der Waals surface area contributed by atoms with Gasteiger partial charge in [0.25, 0.3) is 0 Å². The van der Waals surface area contributed by atoms with Crippen molar-refractivity contribution < 1.29 is 24.5 Å². The third-order valence-corrected chi connectivity index (χ3v) is 17.4. The van der Waals surface area contributed by atoms with E-state index < -0.39 is 12.1 Å². The summed E-state index contributed by atoms with van der Waals surface area (Å²) >= 11 is 0. The van der Waals surface area contributed by atoms with E-state index in [9.17, 15) is 19.8 Å². The fourth-order valence-corrected chi connectivity index (χ4v) is 11.7. The van der Waals surface area contributed by atoms with Gasteiger partial charge in [0.05, 0.1) is 25.4 Å². The second-order valence-corrected chi connectivity index (χ2v) is 25.6. The third kappa shape index (κ3) is 67.2. The molecule has 6 heteroatoms. The topological polar surface area (TPSA) is 95.9 Å². The largest absolute Gasteiger partial charge is 0.466 e. The van der Waals surface area contributed by atoms with Crippen molar-refractivity contribution in [1.29, 1.82) is 0 Å². The molecule has 1 amide bonds. The summed E-state index contributed by atoms with van der Waals surface area (Å²) in [7, 11) is 0. The molecule has 0 aliphatic rings. The Kier molecular flexibility index (Phi) is 69.9. The maximum atomic E-state index is 12.5. The van der Waals surface area contributed by atoms with Crippen LogP contribution in [0.4, 0.5) is 0 Å². The molecule has 0 rings (SSSR count). The van der Waals surface area contributed by atoms with Gasteiger partial charge in [-0.15, -0.1) is 0 Å². The number of carbonyl (C=O) groups excluding carboxylic acids is 2. The van der Waals surface area contributed by atoms with E-state index in [1.165, 1.54) is 340 Å². The molecule has 0 aromatic rings. The van der Waals surface area contributed by atoms with E-state index in [1.807, 2.05) is 6.08 Å². The highest BCUT2D eigenvalue weighted by Crippen LogP contribution is 2.19. The fourth-order valence-electron chi connectivity index (χ4n) is 11.7. The first-order chi connectivity index (χ1) is 40.5. The van der Waals surface area contributed by atoms with Gasteiger partial charge < -0.3 is 20.3 Å². The van der Waals surface area contributed by atoms with Crippen LogP contribution in [0.1, 0.15) is 412 Å². The molecule has 0 radical (unpaired) electrons. The highest BCUT2D eigenvalue weighted by molar-refractivity contribution is 5.76. The lowest BCUT2D eigenvalue weighted by Crippen LogP contribution is -2.45. The van der Waals surface area contributed by atoms with Crippen LogP contribution in [0.2, 0.25) is 0 Å². The zero-order chi connectivity index (χ0) is 59.2. The summed E-state index contributed by atoms with van der Waals surface area (Å²) in [4.78, 5) is 24.6. The number of hydrogen-bond donors (Lipinski definition) is 3. The van der Waals surface area contributed by atoms with Gasteiger partial charge in [0.15, 0.2) is 0 Å². The van der Waals surface area contributed by atoms with E-state index in [1.54, 1.807) is 6.08 Å². The summed E-state index contributed by atoms with van der Waals surface area (Å²) in [5.41, 5.74) is 0. The number of amides is 1. The van der Waals surface area contributed by atoms with Gasteiger partial charge in [0.1, 0.15) is 0 Å². The van der Waals surface area contributed by atoms with Crippen LogP contribution in [0.15, 0.2) is 36.5 Å². The van der Waals surface area contributed by atoms with Crippen LogP contribution in [-0.2, 0) is 14.3 Å². The molecule has 3 N–H and O–H groups in total. The molecule has 0 saturated carbocycles. The second kappa shape index (κ2) is 71.6. The van der Waals surface area contributed by atoms with Crippen molar-refractivity contribution in [3.05, 3.63) is 36.5 Å². The molecular weight excluding hydrogens is 1010 g/mol. The van der Waals surface area contributed by atoms with Crippen molar-refractivity contribution in [3.63, 3.8) is 0 Å². The number of allylic oxidation sites excluding steroid dienone is 5. The third-order valence-electron chi connectivity index (χ3n) is 17.4. The predicted octanol–water partition coefficient (Wildman–Crippen LogP) is 24.3. The molecule has 484 valence electrons. The van der Waals surface area contributed by atoms with Crippen molar-refractivity contribution in [2.24, 2.45) is 0 Å². The molecule has 0 heterocycles. The molecule has 0 saturated heterocycles. The van der Waals surface area contributed by atoms with Crippen molar-refractivity contribution in [2.75, 3.05) is 13.2 Å². The summed E-state index contributed by atoms with van der Waals surface area (Å²) in [6, 6.07) is -0.630. The molecule has 6 nitrogen and oxygen atoms in total. The molecule has 0 fully saturated rings. The maximum Gasteiger partial charge on any atom is 0.305 e. The van der Waals surface area contributed by atoms with Gasteiger partial charge >= 0.3 is 5.97 Å². The average molecular weight is 1150 g/mol. The lowest BCUT2D eigenvalue weighted by atomic mass is 10.0. The van der Waals surface area contributed by atoms with Crippen molar-refractivity contribution in [3.8, 4) is 0 Å². The van der Waals surface area contributed by atoms with Gasteiger partial charge in [0, 0.05) is 12.8 Å². The SMILES string of the molecule is CCCCCC/C=C\CCCCCCCC(=O)OCCCCCCCCCCCCCC/C=C\CCCCCCCCCCCCCC(=O)NC(CO)C(O)/C=C/CCCCCCCCCCCCCCCCCCCCCCCCC. The van der Waals surface area contributed by atoms with E-state index in [0.29, 0.717) is 19.4 Å². The van der Waals surface area contributed by atoms with Gasteiger partial charge in [-0.1, -0.05) is 352 Å². The van der Waals surface area contributed by atoms with Crippen LogP contribution in [0.25, 0.3) is 0 Å². The number of nitrogens with one attached hydrogen (secondary N) is 1. The lowest BCUT2D eigenvalue weighted by Gasteiger charge is -2.20. The molecule has 2 unspecified atom stereocenters. The number of rotatable bonds is 70. The smallest absolute Gasteiger partial charge is 0.305 e. The number of unbranched alkanes of at least 4 members (excludes halogenated alkanes) is 55. The summed E-state index contributed by atoms with van der Waals surface area (Å²) in [6.45, 7) is 4.92. The normalized spacial score (nSPS) is 12.7. The Morgan fingerprint density at radius 1 is 0.329 bits per heavy atom. The predicted molar refractivity (Wildman–Crippen MR) is 361 cm³/mol. The van der Waals surface area contributed by atoms with Crippen molar-refractivity contribution >= 4 is 11.9 Å². The molecule has 0 aliphatic carbocycles. The molecule has 0 aromatic heterocycles. The number of esters is 1. The zero-order valence-electron chi connectivity index (χ0n) is 55.5. The standard InChI is InChI=1S/C76H145NO5/c1-3-5-7-9-11-13-15-17-18-19-20-21-22-26-29-32-35-38-41-45-48-52-56-60-64-68-74(79)73(72-78)77-75(80)69-65-61-57-53-49-46-42-39-36-33-30-27-24-23-25-28-31-34-37-40-43-47-51-55-59-63-67-71-82-76(81)70-66-62-58-54-50-44-16-14-12-10-8-6-4-2/h14,16,23-24,64,68,73-74,78-79H,3-13,15,17-22,25-63,65-67,69-72H2,1-2H3,(H,77,80)/b16-14-,24-23-,68-64+. The highest BCUT2D eigenvalue weighted by atomic mass is 16.5. The number of hydrogen-bond acceptors (Lipinski definition) is 5. The van der Waals surface area contributed by atoms with Crippen LogP contribution in [-0.4, -0.2) is 47.4 Å². The van der Waals surface area contributed by atoms with Crippen LogP contribution in [0, 0.1) is 0 Å². The van der Waals surface area contributed by atoms with Crippen LogP contribution < -0.4 is 5.32 Å². The molecule has 0 bridgehead atoms. The maximum absolute atomic E-state index is 12.5. The van der Waals surface area contributed by atoms with E-state index >= 15 is 0 Å². The number of carbonyl (C=O) groups is 2. The average Bonchev–Trinajstić information content (AvgIpc) is 3.48. The molecule has 82 heavy (non-hydrogen) atoms. The van der Waals surface area contributed by atoms with Gasteiger partial charge in [0.2, 0.25) is 5.91 Å². The Balaban J connectivity index is 3.42. The first kappa shape index (κ1) is 80.1. The molecule has 0 aliphatic heterocycles. The quantitative estimate of drug-likeness (QED) is 0.0320. The van der Waals surface area contributed by atoms with Crippen molar-refractivity contribution in [1.82, 2.24) is 5.32 Å². The van der Waals surface area contributed by atoms with Gasteiger partial charge in [-0.05, 0) is 83.5 Å². The van der Waals surface area contributed by atoms with E-state index in [0.717, 1.165) is 44.9 Å². The molecule has 0 spiro atoms. The number of ether oxygens (including phenoxy) is 1. The second-order valence-electron chi connectivity index (χ2n) is 25.6. The van der Waals surface area contributed by atoms with E-state index in [4.69, 9.17) is 4.74 Å². The molecule has 0 aromatic carbocycles. The number of aliphatic hydroxyl groups excluding tert-OH is 2. The summed E-state index contributed by atoms with van der Waals surface area (Å²) in [5, 5.41) is 23.3. The summed E-state index contributed by atoms with van der Waals surface area (Å²) in [6.07, 6.45) is 92.4. The minimum Gasteiger partial charge on any atom is -0.466 e. The minimum atomic E-state index is -0.847. The van der Waals surface area contributed by atoms with Gasteiger partial charge in [-0.2, -0.15) is 0 Å². The first-order valence-electron chi connectivity index (χ1n) is 37.3. The fraction of sp³-hybridized carbons (Fsp3) is 0.895. The molecular formula is C76H145NO5.